The summed E-state index contributed by atoms with van der Waals surface area (Å²) in [6.45, 7) is 5.91. The Morgan fingerprint density at radius 3 is 2.54 bits per heavy atom. The number of benzene rings is 3. The van der Waals surface area contributed by atoms with E-state index in [0.29, 0.717) is 33.7 Å². The molecule has 8 nitrogen and oxygen atoms in total. The van der Waals surface area contributed by atoms with Gasteiger partial charge in [-0.25, -0.2) is 9.82 Å². The maximum Gasteiger partial charge on any atom is 0.262 e. The minimum Gasteiger partial charge on any atom is -0.490 e. The smallest absolute Gasteiger partial charge is 0.262 e. The van der Waals surface area contributed by atoms with E-state index in [9.17, 15) is 19.2 Å². The van der Waals surface area contributed by atoms with Crippen molar-refractivity contribution in [3.05, 3.63) is 93.2 Å². The van der Waals surface area contributed by atoms with Gasteiger partial charge in [-0.05, 0) is 64.7 Å². The van der Waals surface area contributed by atoms with Crippen molar-refractivity contribution in [3.8, 4) is 17.6 Å². The molecule has 0 bridgehead atoms. The molecule has 0 fully saturated rings. The summed E-state index contributed by atoms with van der Waals surface area (Å²) in [5.41, 5.74) is 4.15. The molecule has 0 aliphatic carbocycles. The maximum absolute atomic E-state index is 14.0. The zero-order chi connectivity index (χ0) is 28.4. The third-order valence-corrected chi connectivity index (χ3v) is 6.17. The summed E-state index contributed by atoms with van der Waals surface area (Å²) in [4.78, 5) is 25.3. The van der Waals surface area contributed by atoms with Gasteiger partial charge in [0.15, 0.2) is 11.5 Å². The van der Waals surface area contributed by atoms with Gasteiger partial charge in [-0.1, -0.05) is 44.2 Å². The van der Waals surface area contributed by atoms with E-state index in [2.05, 4.69) is 37.8 Å². The Labute approximate surface area is 235 Å². The fourth-order valence-electron chi connectivity index (χ4n) is 3.61. The van der Waals surface area contributed by atoms with E-state index in [4.69, 9.17) is 9.47 Å². The van der Waals surface area contributed by atoms with Crippen molar-refractivity contribution in [1.29, 1.82) is 5.26 Å². The summed E-state index contributed by atoms with van der Waals surface area (Å²) in [6, 6.07) is 17.4. The first kappa shape index (κ1) is 29.3. The van der Waals surface area contributed by atoms with Gasteiger partial charge < -0.3 is 14.8 Å². The molecule has 39 heavy (non-hydrogen) atoms. The zero-order valence-corrected chi connectivity index (χ0v) is 23.3. The zero-order valence-electron chi connectivity index (χ0n) is 21.7. The lowest BCUT2D eigenvalue weighted by Gasteiger charge is -2.20. The van der Waals surface area contributed by atoms with Crippen LogP contribution in [0.3, 0.4) is 0 Å². The van der Waals surface area contributed by atoms with Gasteiger partial charge in [0.25, 0.3) is 11.8 Å². The first-order valence-corrected chi connectivity index (χ1v) is 13.0. The molecule has 1 unspecified atom stereocenters. The molecule has 0 aliphatic rings. The van der Waals surface area contributed by atoms with E-state index < -0.39 is 23.7 Å². The van der Waals surface area contributed by atoms with Crippen molar-refractivity contribution in [2.45, 2.75) is 33.4 Å². The highest BCUT2D eigenvalue weighted by Gasteiger charge is 2.25. The Morgan fingerprint density at radius 1 is 1.13 bits per heavy atom. The van der Waals surface area contributed by atoms with Crippen LogP contribution in [0, 0.1) is 23.1 Å². The Bertz CT molecular complexity index is 1400. The number of hydrazone groups is 1. The van der Waals surface area contributed by atoms with Gasteiger partial charge in [0, 0.05) is 5.56 Å². The lowest BCUT2D eigenvalue weighted by Crippen LogP contribution is -2.48. The predicted molar refractivity (Wildman–Crippen MR) is 149 cm³/mol. The number of carbonyl (C=O) groups is 2. The van der Waals surface area contributed by atoms with Crippen molar-refractivity contribution >= 4 is 34.0 Å². The van der Waals surface area contributed by atoms with Crippen molar-refractivity contribution in [1.82, 2.24) is 10.7 Å². The van der Waals surface area contributed by atoms with Crippen molar-refractivity contribution in [2.75, 3.05) is 6.61 Å². The molecule has 0 spiro atoms. The van der Waals surface area contributed by atoms with E-state index in [1.165, 1.54) is 24.4 Å². The van der Waals surface area contributed by atoms with Crippen molar-refractivity contribution in [3.63, 3.8) is 0 Å². The van der Waals surface area contributed by atoms with Crippen LogP contribution in [0.4, 0.5) is 4.39 Å². The molecule has 3 rings (SSSR count). The molecule has 2 N–H and O–H groups in total. The molecule has 202 valence electrons. The number of hydrogen-bond acceptors (Lipinski definition) is 6. The fraction of sp³-hybridized carbons (Fsp3) is 0.241. The summed E-state index contributed by atoms with van der Waals surface area (Å²) < 4.78 is 26.3. The number of nitriles is 1. The highest BCUT2D eigenvalue weighted by molar-refractivity contribution is 9.10. The van der Waals surface area contributed by atoms with E-state index in [0.717, 1.165) is 5.56 Å². The van der Waals surface area contributed by atoms with Crippen LogP contribution in [-0.2, 0) is 11.4 Å². The van der Waals surface area contributed by atoms with Crippen LogP contribution in [0.5, 0.6) is 11.5 Å². The average molecular weight is 595 g/mol. The van der Waals surface area contributed by atoms with Crippen molar-refractivity contribution in [2.24, 2.45) is 11.0 Å². The van der Waals surface area contributed by atoms with Gasteiger partial charge in [-0.15, -0.1) is 0 Å². The first-order valence-electron chi connectivity index (χ1n) is 12.2. The van der Waals surface area contributed by atoms with Crippen LogP contribution in [0.15, 0.2) is 70.2 Å². The highest BCUT2D eigenvalue weighted by atomic mass is 79.9. The van der Waals surface area contributed by atoms with Crippen LogP contribution in [-0.4, -0.2) is 30.7 Å². The second-order valence-electron chi connectivity index (χ2n) is 8.73. The number of nitrogens with zero attached hydrogens (tertiary/aromatic N) is 2. The largest absolute Gasteiger partial charge is 0.490 e. The Balaban J connectivity index is 1.71. The van der Waals surface area contributed by atoms with Crippen LogP contribution in [0.25, 0.3) is 0 Å². The number of halogens is 2. The van der Waals surface area contributed by atoms with Crippen LogP contribution >= 0.6 is 15.9 Å². The fourth-order valence-corrected chi connectivity index (χ4v) is 4.18. The van der Waals surface area contributed by atoms with Crippen LogP contribution < -0.4 is 20.2 Å². The number of rotatable bonds is 11. The third kappa shape index (κ3) is 7.88. The number of carbonyl (C=O) groups excluding carboxylic acids is 2. The molecule has 1 atom stereocenters. The van der Waals surface area contributed by atoms with E-state index in [-0.39, 0.29) is 18.1 Å². The topological polar surface area (TPSA) is 113 Å². The molecule has 0 aliphatic heterocycles. The van der Waals surface area contributed by atoms with Crippen LogP contribution in [0.1, 0.15) is 47.8 Å². The standard InChI is InChI=1S/C29H28BrFN4O4/c1-4-38-25-14-19(13-23(30)27(25)39-17-21-10-6-5-9-20(21)15-32)16-33-35-29(37)26(18(2)3)34-28(36)22-11-7-8-12-24(22)31/h5-14,16,18,26H,4,17H2,1-3H3,(H,34,36)(H,35,37). The Kier molecular flexibility index (Phi) is 10.6. The molecular formula is C29H28BrFN4O4. The molecular weight excluding hydrogens is 567 g/mol. The monoisotopic (exact) mass is 594 g/mol. The number of ether oxygens (including phenoxy) is 2. The lowest BCUT2D eigenvalue weighted by molar-refractivity contribution is -0.123. The van der Waals surface area contributed by atoms with Gasteiger partial charge in [-0.2, -0.15) is 10.4 Å². The van der Waals surface area contributed by atoms with Gasteiger partial charge in [0.1, 0.15) is 18.5 Å². The molecule has 3 aromatic carbocycles. The molecule has 0 radical (unpaired) electrons. The quantitative estimate of drug-likeness (QED) is 0.230. The van der Waals surface area contributed by atoms with E-state index >= 15 is 0 Å². The Hall–Kier alpha value is -4.23. The van der Waals surface area contributed by atoms with E-state index in [1.807, 2.05) is 19.1 Å². The number of hydrogen-bond donors (Lipinski definition) is 2. The van der Waals surface area contributed by atoms with Gasteiger partial charge in [0.2, 0.25) is 0 Å². The lowest BCUT2D eigenvalue weighted by atomic mass is 10.0. The summed E-state index contributed by atoms with van der Waals surface area (Å²) in [5, 5.41) is 15.9. The third-order valence-electron chi connectivity index (χ3n) is 5.58. The highest BCUT2D eigenvalue weighted by Crippen LogP contribution is 2.37. The predicted octanol–water partition coefficient (Wildman–Crippen LogP) is 5.34. The van der Waals surface area contributed by atoms with E-state index in [1.54, 1.807) is 44.2 Å². The Morgan fingerprint density at radius 2 is 1.85 bits per heavy atom. The molecule has 10 heteroatoms. The van der Waals surface area contributed by atoms with Gasteiger partial charge >= 0.3 is 0 Å². The molecule has 0 heterocycles. The number of nitrogens with one attached hydrogen (secondary N) is 2. The normalized spacial score (nSPS) is 11.6. The minimum absolute atomic E-state index is 0.147. The summed E-state index contributed by atoms with van der Waals surface area (Å²) in [5.74, 6) is -1.28. The minimum atomic E-state index is -0.938. The second kappa shape index (κ2) is 14.1. The van der Waals surface area contributed by atoms with Gasteiger partial charge in [-0.3, -0.25) is 9.59 Å². The molecule has 0 aromatic heterocycles. The average Bonchev–Trinajstić information content (AvgIpc) is 2.91. The molecule has 0 saturated heterocycles. The SMILES string of the molecule is CCOc1cc(C=NNC(=O)C(NC(=O)c2ccccc2F)C(C)C)cc(Br)c1OCc1ccccc1C#N. The second-order valence-corrected chi connectivity index (χ2v) is 9.58. The summed E-state index contributed by atoms with van der Waals surface area (Å²) >= 11 is 3.50. The number of amides is 2. The molecule has 2 amide bonds. The van der Waals surface area contributed by atoms with Crippen molar-refractivity contribution < 1.29 is 23.5 Å². The molecule has 3 aromatic rings. The van der Waals surface area contributed by atoms with Gasteiger partial charge in [0.05, 0.1) is 34.5 Å². The summed E-state index contributed by atoms with van der Waals surface area (Å²) in [7, 11) is 0. The summed E-state index contributed by atoms with van der Waals surface area (Å²) in [6.07, 6.45) is 1.43. The van der Waals surface area contributed by atoms with Crippen LogP contribution in [0.2, 0.25) is 0 Å². The maximum atomic E-state index is 14.0. The first-order chi connectivity index (χ1) is 18.7. The molecule has 0 saturated carbocycles.